The lowest BCUT2D eigenvalue weighted by Crippen LogP contribution is -2.29. The van der Waals surface area contributed by atoms with Gasteiger partial charge in [0.25, 0.3) is 12.0 Å². The van der Waals surface area contributed by atoms with Gasteiger partial charge in [0.05, 0.1) is 17.7 Å². The number of aliphatic hydroxyl groups excluding tert-OH is 2. The van der Waals surface area contributed by atoms with Crippen LogP contribution in [-0.4, -0.2) is 64.9 Å². The van der Waals surface area contributed by atoms with Crippen molar-refractivity contribution in [2.24, 2.45) is 17.8 Å². The maximum Gasteiger partial charge on any atom is 0.264 e. The van der Waals surface area contributed by atoms with Crippen LogP contribution < -0.4 is 21.1 Å². The van der Waals surface area contributed by atoms with Crippen LogP contribution in [0.4, 0.5) is 26.1 Å². The Labute approximate surface area is 224 Å². The maximum absolute atomic E-state index is 14.4. The first kappa shape index (κ1) is 26.8. The van der Waals surface area contributed by atoms with Gasteiger partial charge in [0.15, 0.2) is 0 Å². The van der Waals surface area contributed by atoms with Crippen LogP contribution in [0.25, 0.3) is 16.5 Å². The van der Waals surface area contributed by atoms with Crippen molar-refractivity contribution in [1.82, 2.24) is 9.55 Å². The monoisotopic (exact) mass is 538 g/mol. The van der Waals surface area contributed by atoms with Crippen molar-refractivity contribution in [2.45, 2.75) is 38.4 Å². The lowest BCUT2D eigenvalue weighted by Gasteiger charge is -2.33. The predicted octanol–water partition coefficient (Wildman–Crippen LogP) is 2.81. The lowest BCUT2D eigenvalue weighted by atomic mass is 9.92. The van der Waals surface area contributed by atoms with Gasteiger partial charge in [0.2, 0.25) is 0 Å². The number of fused-ring (bicyclic) bond motifs is 2. The van der Waals surface area contributed by atoms with Crippen molar-refractivity contribution in [3.05, 3.63) is 63.1 Å². The fourth-order valence-corrected chi connectivity index (χ4v) is 5.55. The van der Waals surface area contributed by atoms with Crippen molar-refractivity contribution in [3.8, 4) is 0 Å². The van der Waals surface area contributed by atoms with E-state index in [0.29, 0.717) is 57.9 Å². The molecule has 0 amide bonds. The summed E-state index contributed by atoms with van der Waals surface area (Å²) in [6, 6.07) is 6.80. The van der Waals surface area contributed by atoms with Crippen LogP contribution in [0.2, 0.25) is 0 Å². The van der Waals surface area contributed by atoms with E-state index in [2.05, 4.69) is 4.99 Å². The number of anilines is 3. The molecule has 1 fully saturated rings. The Morgan fingerprint density at radius 3 is 2.56 bits per heavy atom. The van der Waals surface area contributed by atoms with E-state index in [4.69, 9.17) is 10.7 Å². The number of benzene rings is 1. The highest BCUT2D eigenvalue weighted by atomic mass is 19.3. The van der Waals surface area contributed by atoms with Crippen LogP contribution in [0, 0.1) is 6.92 Å². The summed E-state index contributed by atoms with van der Waals surface area (Å²) < 4.78 is 30.3. The molecule has 206 valence electrons. The smallest absolute Gasteiger partial charge is 0.264 e. The van der Waals surface area contributed by atoms with Crippen LogP contribution in [0.3, 0.4) is 0 Å². The highest BCUT2D eigenvalue weighted by molar-refractivity contribution is 6.10. The van der Waals surface area contributed by atoms with E-state index in [1.807, 2.05) is 4.90 Å². The molecule has 4 N–H and O–H groups in total. The number of halogens is 2. The molecule has 1 aromatic carbocycles. The number of allylic oxidation sites excluding steroid dienone is 1. The molecule has 39 heavy (non-hydrogen) atoms. The highest BCUT2D eigenvalue weighted by Crippen LogP contribution is 2.42. The van der Waals surface area contributed by atoms with Crippen molar-refractivity contribution in [1.29, 1.82) is 0 Å². The van der Waals surface area contributed by atoms with Gasteiger partial charge < -0.3 is 30.3 Å². The SMILES string of the molecule is CN=C/C(=C\N)c1cc2c(cc1C(F)F)N(c1nc(N3CC(O)C(O)C3)cc3c1cc(C)c(=O)n3C)CCC2. The molecule has 0 radical (unpaired) electrons. The molecule has 0 saturated carbocycles. The molecule has 2 unspecified atom stereocenters. The Morgan fingerprint density at radius 1 is 1.21 bits per heavy atom. The normalized spacial score (nSPS) is 20.1. The molecule has 0 aliphatic carbocycles. The van der Waals surface area contributed by atoms with Gasteiger partial charge in [0.1, 0.15) is 11.6 Å². The number of hydrogen-bond donors (Lipinski definition) is 3. The third-order valence-corrected chi connectivity index (χ3v) is 7.57. The Hall–Kier alpha value is -3.83. The summed E-state index contributed by atoms with van der Waals surface area (Å²) >= 11 is 0. The molecular formula is C28H32F2N6O3. The zero-order valence-electron chi connectivity index (χ0n) is 22.1. The van der Waals surface area contributed by atoms with E-state index in [0.717, 1.165) is 12.0 Å². The number of aliphatic imine (C=N–C) groups is 1. The first-order valence-electron chi connectivity index (χ1n) is 12.8. The second-order valence-corrected chi connectivity index (χ2v) is 10.1. The van der Waals surface area contributed by atoms with Crippen molar-refractivity contribution < 1.29 is 19.0 Å². The Morgan fingerprint density at radius 2 is 1.92 bits per heavy atom. The third kappa shape index (κ3) is 4.65. The van der Waals surface area contributed by atoms with E-state index < -0.39 is 18.6 Å². The molecule has 2 aliphatic heterocycles. The predicted molar refractivity (Wildman–Crippen MR) is 149 cm³/mol. The van der Waals surface area contributed by atoms with Gasteiger partial charge >= 0.3 is 0 Å². The van der Waals surface area contributed by atoms with Crippen LogP contribution in [0.1, 0.15) is 35.1 Å². The van der Waals surface area contributed by atoms with Crippen molar-refractivity contribution >= 4 is 40.0 Å². The van der Waals surface area contributed by atoms with E-state index in [9.17, 15) is 23.8 Å². The summed E-state index contributed by atoms with van der Waals surface area (Å²) in [5, 5.41) is 21.0. The van der Waals surface area contributed by atoms with E-state index in [1.54, 1.807) is 48.7 Å². The number of aryl methyl sites for hydroxylation is 3. The zero-order valence-corrected chi connectivity index (χ0v) is 22.1. The van der Waals surface area contributed by atoms with Crippen molar-refractivity contribution in [2.75, 3.05) is 36.5 Å². The number of aromatic nitrogens is 2. The third-order valence-electron chi connectivity index (χ3n) is 7.57. The van der Waals surface area contributed by atoms with Crippen LogP contribution >= 0.6 is 0 Å². The van der Waals surface area contributed by atoms with Crippen LogP contribution in [0.5, 0.6) is 0 Å². The van der Waals surface area contributed by atoms with Gasteiger partial charge in [-0.25, -0.2) is 13.8 Å². The average molecular weight is 539 g/mol. The van der Waals surface area contributed by atoms with Gasteiger partial charge in [-0.2, -0.15) is 0 Å². The van der Waals surface area contributed by atoms with Gasteiger partial charge in [0, 0.05) is 80.0 Å². The molecule has 4 heterocycles. The average Bonchev–Trinajstić information content (AvgIpc) is 3.26. The molecule has 5 rings (SSSR count). The molecule has 2 aromatic heterocycles. The van der Waals surface area contributed by atoms with E-state index in [-0.39, 0.29) is 24.2 Å². The summed E-state index contributed by atoms with van der Waals surface area (Å²) in [7, 11) is 3.24. The lowest BCUT2D eigenvalue weighted by molar-refractivity contribution is 0.0572. The Kier molecular flexibility index (Phi) is 7.13. The van der Waals surface area contributed by atoms with Crippen LogP contribution in [0.15, 0.2) is 40.3 Å². The first-order valence-corrected chi connectivity index (χ1v) is 12.8. The zero-order chi connectivity index (χ0) is 28.0. The highest BCUT2D eigenvalue weighted by Gasteiger charge is 2.32. The van der Waals surface area contributed by atoms with Gasteiger partial charge in [-0.05, 0) is 49.1 Å². The molecule has 2 aliphatic rings. The molecule has 0 bridgehead atoms. The number of β-amino-alcohol motifs (C(OH)–C–C–N with tert-alkyl or cyclic N) is 2. The minimum atomic E-state index is -2.75. The van der Waals surface area contributed by atoms with E-state index in [1.165, 1.54) is 18.5 Å². The van der Waals surface area contributed by atoms with Gasteiger partial charge in [-0.1, -0.05) is 0 Å². The standard InChI is InChI=1S/C28H32F2N6O3/c1-15-7-20-22(34(3)28(15)39)10-25(35-13-23(37)24(38)14-35)33-27(20)36-6-4-5-16-8-18(17(11-31)12-32-2)19(26(29)30)9-21(16)36/h7-12,23-24,26,37-38H,4-6,13-14,31H2,1-3H3/b17-11+,32-12?. The number of nitrogens with two attached hydrogens (primary N) is 1. The quantitative estimate of drug-likeness (QED) is 0.428. The fraction of sp³-hybridized carbons (Fsp3) is 0.393. The molecule has 0 spiro atoms. The summed E-state index contributed by atoms with van der Waals surface area (Å²) in [5.41, 5.74) is 8.84. The number of rotatable bonds is 5. The Balaban J connectivity index is 1.75. The molecule has 1 saturated heterocycles. The minimum absolute atomic E-state index is 0.158. The Bertz CT molecular complexity index is 1540. The largest absolute Gasteiger partial charge is 0.404 e. The summed E-state index contributed by atoms with van der Waals surface area (Å²) in [5.74, 6) is 1.01. The molecular weight excluding hydrogens is 506 g/mol. The van der Waals surface area contributed by atoms with Crippen molar-refractivity contribution in [3.63, 3.8) is 0 Å². The molecule has 9 nitrogen and oxygen atoms in total. The molecule has 2 atom stereocenters. The summed E-state index contributed by atoms with van der Waals surface area (Å²) in [4.78, 5) is 25.4. The van der Waals surface area contributed by atoms with Gasteiger partial charge in [-0.15, -0.1) is 0 Å². The number of aliphatic hydroxyl groups is 2. The second kappa shape index (κ2) is 10.4. The van der Waals surface area contributed by atoms with E-state index >= 15 is 0 Å². The minimum Gasteiger partial charge on any atom is -0.404 e. The molecule has 3 aromatic rings. The number of pyridine rings is 2. The van der Waals surface area contributed by atoms with Crippen LogP contribution in [-0.2, 0) is 13.5 Å². The molecule has 11 heteroatoms. The summed E-state index contributed by atoms with van der Waals surface area (Å²) in [6.07, 6.45) is -0.414. The van der Waals surface area contributed by atoms with Gasteiger partial charge in [-0.3, -0.25) is 9.79 Å². The number of nitrogens with zero attached hydrogens (tertiary/aromatic N) is 5. The summed E-state index contributed by atoms with van der Waals surface area (Å²) in [6.45, 7) is 2.63. The fourth-order valence-electron chi connectivity index (χ4n) is 5.55. The number of alkyl halides is 2. The maximum atomic E-state index is 14.4. The number of hydrogen-bond acceptors (Lipinski definition) is 8. The topological polar surface area (TPSA) is 120 Å². The second-order valence-electron chi connectivity index (χ2n) is 10.1. The first-order chi connectivity index (χ1) is 18.6.